The van der Waals surface area contributed by atoms with Crippen LogP contribution in [0.1, 0.15) is 13.3 Å². The normalized spacial score (nSPS) is 11.1. The molecule has 3 heteroatoms. The average molecular weight is 331 g/mol. The zero-order valence-electron chi connectivity index (χ0n) is 14.5. The summed E-state index contributed by atoms with van der Waals surface area (Å²) in [5.74, 6) is 0.834. The smallest absolute Gasteiger partial charge is 0.162 e. The topological polar surface area (TPSA) is 34.4 Å². The van der Waals surface area contributed by atoms with Gasteiger partial charge in [0.25, 0.3) is 0 Å². The van der Waals surface area contributed by atoms with Gasteiger partial charge in [-0.25, -0.2) is 0 Å². The van der Waals surface area contributed by atoms with Gasteiger partial charge in [0.2, 0.25) is 0 Å². The van der Waals surface area contributed by atoms with Gasteiger partial charge in [0.05, 0.1) is 18.2 Å². The third kappa shape index (κ3) is 2.62. The quantitative estimate of drug-likeness (QED) is 0.481. The maximum Gasteiger partial charge on any atom is 0.162 e. The summed E-state index contributed by atoms with van der Waals surface area (Å²) in [7, 11) is 1.71. The molecule has 0 saturated heterocycles. The Kier molecular flexibility index (Phi) is 4.06. The summed E-state index contributed by atoms with van der Waals surface area (Å²) in [4.78, 5) is 0. The molecule has 1 aromatic heterocycles. The summed E-state index contributed by atoms with van der Waals surface area (Å²) >= 11 is 0. The van der Waals surface area contributed by atoms with Gasteiger partial charge in [0.15, 0.2) is 5.58 Å². The number of hydrogen-bond acceptors (Lipinski definition) is 3. The molecule has 0 fully saturated rings. The molecule has 0 spiro atoms. The van der Waals surface area contributed by atoms with E-state index >= 15 is 0 Å². The zero-order valence-corrected chi connectivity index (χ0v) is 14.5. The standard InChI is InChI=1S/C22H21NO2/c1-3-13-23-21-17(15-9-5-4-6-10-15)14-19(24-2)20-16-11-7-8-12-18(16)25-22(20)21/h4-12,14,23H,3,13H2,1-2H3. The molecule has 4 aromatic rings. The molecule has 126 valence electrons. The fourth-order valence-electron chi connectivity index (χ4n) is 3.30. The van der Waals surface area contributed by atoms with Crippen molar-refractivity contribution in [3.8, 4) is 16.9 Å². The molecular formula is C22H21NO2. The van der Waals surface area contributed by atoms with E-state index in [1.165, 1.54) is 0 Å². The van der Waals surface area contributed by atoms with Gasteiger partial charge in [-0.2, -0.15) is 0 Å². The van der Waals surface area contributed by atoms with Crippen LogP contribution in [0.3, 0.4) is 0 Å². The third-order valence-electron chi connectivity index (χ3n) is 4.47. The van der Waals surface area contributed by atoms with Gasteiger partial charge in [-0.05, 0) is 24.1 Å². The number of methoxy groups -OCH3 is 1. The van der Waals surface area contributed by atoms with E-state index in [0.717, 1.165) is 57.5 Å². The van der Waals surface area contributed by atoms with Gasteiger partial charge in [-0.1, -0.05) is 55.5 Å². The molecule has 0 aliphatic rings. The second kappa shape index (κ2) is 6.52. The molecule has 0 atom stereocenters. The lowest BCUT2D eigenvalue weighted by molar-refractivity contribution is 0.420. The Morgan fingerprint density at radius 3 is 2.52 bits per heavy atom. The van der Waals surface area contributed by atoms with E-state index in [9.17, 15) is 0 Å². The fraction of sp³-hybridized carbons (Fsp3) is 0.182. The second-order valence-electron chi connectivity index (χ2n) is 6.10. The third-order valence-corrected chi connectivity index (χ3v) is 4.47. The van der Waals surface area contributed by atoms with Gasteiger partial charge >= 0.3 is 0 Å². The molecule has 0 amide bonds. The summed E-state index contributed by atoms with van der Waals surface area (Å²) in [6.45, 7) is 3.05. The number of fused-ring (bicyclic) bond motifs is 3. The van der Waals surface area contributed by atoms with Crippen molar-refractivity contribution in [1.82, 2.24) is 0 Å². The first-order valence-electron chi connectivity index (χ1n) is 8.65. The first-order valence-corrected chi connectivity index (χ1v) is 8.65. The zero-order chi connectivity index (χ0) is 17.2. The lowest BCUT2D eigenvalue weighted by Gasteiger charge is -2.15. The van der Waals surface area contributed by atoms with E-state index in [0.29, 0.717) is 0 Å². The van der Waals surface area contributed by atoms with E-state index in [4.69, 9.17) is 9.15 Å². The number of nitrogens with one attached hydrogen (secondary N) is 1. The Bertz CT molecular complexity index is 1020. The van der Waals surface area contributed by atoms with E-state index in [1.54, 1.807) is 7.11 Å². The largest absolute Gasteiger partial charge is 0.496 e. The summed E-state index contributed by atoms with van der Waals surface area (Å²) in [5.41, 5.74) is 4.99. The summed E-state index contributed by atoms with van der Waals surface area (Å²) in [6, 6.07) is 20.6. The Hall–Kier alpha value is -2.94. The molecule has 3 aromatic carbocycles. The molecule has 0 aliphatic heterocycles. The van der Waals surface area contributed by atoms with Gasteiger partial charge in [-0.3, -0.25) is 0 Å². The van der Waals surface area contributed by atoms with E-state index in [-0.39, 0.29) is 0 Å². The van der Waals surface area contributed by atoms with Crippen molar-refractivity contribution < 1.29 is 9.15 Å². The second-order valence-corrected chi connectivity index (χ2v) is 6.10. The Morgan fingerprint density at radius 2 is 1.76 bits per heavy atom. The number of furan rings is 1. The van der Waals surface area contributed by atoms with Crippen LogP contribution >= 0.6 is 0 Å². The average Bonchev–Trinajstić information content (AvgIpc) is 3.06. The van der Waals surface area contributed by atoms with Gasteiger partial charge in [0, 0.05) is 17.5 Å². The highest BCUT2D eigenvalue weighted by Crippen LogP contribution is 2.45. The summed E-state index contributed by atoms with van der Waals surface area (Å²) in [6.07, 6.45) is 1.04. The number of rotatable bonds is 5. The molecule has 1 heterocycles. The van der Waals surface area contributed by atoms with Gasteiger partial charge < -0.3 is 14.5 Å². The SMILES string of the molecule is CCCNc1c(-c2ccccc2)cc(OC)c2c1oc1ccccc12. The van der Waals surface area contributed by atoms with Crippen LogP contribution in [0.5, 0.6) is 5.75 Å². The minimum atomic E-state index is 0.834. The minimum absolute atomic E-state index is 0.834. The number of ether oxygens (including phenoxy) is 1. The highest BCUT2D eigenvalue weighted by molar-refractivity contribution is 6.14. The predicted molar refractivity (Wildman–Crippen MR) is 104 cm³/mol. The summed E-state index contributed by atoms with van der Waals surface area (Å²) < 4.78 is 12.0. The van der Waals surface area contributed by atoms with Crippen LogP contribution in [-0.2, 0) is 0 Å². The van der Waals surface area contributed by atoms with E-state index < -0.39 is 0 Å². The predicted octanol–water partition coefficient (Wildman–Crippen LogP) is 6.08. The Labute approximate surface area is 147 Å². The van der Waals surface area contributed by atoms with Crippen molar-refractivity contribution in [3.63, 3.8) is 0 Å². The van der Waals surface area contributed by atoms with Crippen LogP contribution in [0.2, 0.25) is 0 Å². The fourth-order valence-corrected chi connectivity index (χ4v) is 3.30. The Balaban J connectivity index is 2.09. The lowest BCUT2D eigenvalue weighted by Crippen LogP contribution is -2.02. The lowest BCUT2D eigenvalue weighted by atomic mass is 10.00. The van der Waals surface area contributed by atoms with Crippen LogP contribution in [0, 0.1) is 0 Å². The van der Waals surface area contributed by atoms with Crippen LogP contribution in [0.15, 0.2) is 65.1 Å². The van der Waals surface area contributed by atoms with E-state index in [1.807, 2.05) is 36.4 Å². The molecule has 0 bridgehead atoms. The molecule has 3 nitrogen and oxygen atoms in total. The van der Waals surface area contributed by atoms with Crippen molar-refractivity contribution in [2.75, 3.05) is 19.0 Å². The Morgan fingerprint density at radius 1 is 1.00 bits per heavy atom. The summed E-state index contributed by atoms with van der Waals surface area (Å²) in [5, 5.41) is 5.67. The van der Waals surface area contributed by atoms with Crippen LogP contribution in [0.25, 0.3) is 33.1 Å². The molecule has 25 heavy (non-hydrogen) atoms. The number of hydrogen-bond donors (Lipinski definition) is 1. The van der Waals surface area contributed by atoms with Crippen molar-refractivity contribution in [3.05, 3.63) is 60.7 Å². The molecular weight excluding hydrogens is 310 g/mol. The monoisotopic (exact) mass is 331 g/mol. The molecule has 0 unspecified atom stereocenters. The first-order chi connectivity index (χ1) is 12.3. The van der Waals surface area contributed by atoms with Crippen molar-refractivity contribution >= 4 is 27.6 Å². The highest BCUT2D eigenvalue weighted by atomic mass is 16.5. The number of para-hydroxylation sites is 1. The number of anilines is 1. The van der Waals surface area contributed by atoms with Crippen molar-refractivity contribution in [1.29, 1.82) is 0 Å². The maximum absolute atomic E-state index is 6.24. The molecule has 0 radical (unpaired) electrons. The van der Waals surface area contributed by atoms with Gasteiger partial charge in [0.1, 0.15) is 11.3 Å². The maximum atomic E-state index is 6.24. The van der Waals surface area contributed by atoms with Crippen LogP contribution < -0.4 is 10.1 Å². The van der Waals surface area contributed by atoms with Crippen LogP contribution in [0.4, 0.5) is 5.69 Å². The van der Waals surface area contributed by atoms with E-state index in [2.05, 4.69) is 36.5 Å². The molecule has 0 aliphatic carbocycles. The molecule has 0 saturated carbocycles. The minimum Gasteiger partial charge on any atom is -0.496 e. The number of benzene rings is 3. The van der Waals surface area contributed by atoms with Crippen molar-refractivity contribution in [2.45, 2.75) is 13.3 Å². The molecule has 4 rings (SSSR count). The van der Waals surface area contributed by atoms with Crippen molar-refractivity contribution in [2.24, 2.45) is 0 Å². The van der Waals surface area contributed by atoms with Crippen LogP contribution in [-0.4, -0.2) is 13.7 Å². The first kappa shape index (κ1) is 15.6. The van der Waals surface area contributed by atoms with Gasteiger partial charge in [-0.15, -0.1) is 0 Å². The highest BCUT2D eigenvalue weighted by Gasteiger charge is 2.20. The molecule has 1 N–H and O–H groups in total.